The molecule has 168 valence electrons. The quantitative estimate of drug-likeness (QED) is 0.327. The first-order valence-corrected chi connectivity index (χ1v) is 9.64. The molecule has 0 saturated heterocycles. The predicted molar refractivity (Wildman–Crippen MR) is 101 cm³/mol. The number of ether oxygens (including phenoxy) is 3. The normalized spacial score (nSPS) is 19.5. The van der Waals surface area contributed by atoms with E-state index in [2.05, 4.69) is 20.1 Å². The molecule has 1 rings (SSSR count). The fourth-order valence-corrected chi connectivity index (χ4v) is 2.84. The highest BCUT2D eigenvalue weighted by Crippen LogP contribution is 2.38. The van der Waals surface area contributed by atoms with Crippen molar-refractivity contribution in [3.63, 3.8) is 0 Å². The lowest BCUT2D eigenvalue weighted by Gasteiger charge is -2.13. The molecule has 0 radical (unpaired) electrons. The molecule has 0 bridgehead atoms. The van der Waals surface area contributed by atoms with Gasteiger partial charge in [0, 0.05) is 22.6 Å². The predicted octanol–water partition coefficient (Wildman–Crippen LogP) is 1.11. The summed E-state index contributed by atoms with van der Waals surface area (Å²) < 4.78 is 59.7. The van der Waals surface area contributed by atoms with Gasteiger partial charge in [0.25, 0.3) is 0 Å². The van der Waals surface area contributed by atoms with E-state index in [1.54, 1.807) is 0 Å². The smallest absolute Gasteiger partial charge is 0.377 e. The van der Waals surface area contributed by atoms with Gasteiger partial charge in [0.15, 0.2) is 0 Å². The van der Waals surface area contributed by atoms with Crippen LogP contribution in [0.2, 0.25) is 0 Å². The van der Waals surface area contributed by atoms with Crippen molar-refractivity contribution in [3.05, 3.63) is 11.1 Å². The molecule has 0 aromatic heterocycles. The van der Waals surface area contributed by atoms with E-state index in [-0.39, 0.29) is 44.3 Å². The average Bonchev–Trinajstić information content (AvgIpc) is 2.95. The van der Waals surface area contributed by atoms with Gasteiger partial charge in [-0.1, -0.05) is 0 Å². The van der Waals surface area contributed by atoms with Crippen molar-refractivity contribution < 1.29 is 41.5 Å². The molecular weight excluding hydrogens is 416 g/mol. The van der Waals surface area contributed by atoms with Gasteiger partial charge in [-0.3, -0.25) is 9.59 Å². The first-order chi connectivity index (χ1) is 13.7. The lowest BCUT2D eigenvalue weighted by atomic mass is 10.0. The van der Waals surface area contributed by atoms with E-state index >= 15 is 0 Å². The van der Waals surface area contributed by atoms with Gasteiger partial charge in [0.1, 0.15) is 0 Å². The lowest BCUT2D eigenvalue weighted by Crippen LogP contribution is -2.33. The molecule has 2 N–H and O–H groups in total. The third kappa shape index (κ3) is 9.39. The van der Waals surface area contributed by atoms with Crippen LogP contribution in [0.5, 0.6) is 0 Å². The summed E-state index contributed by atoms with van der Waals surface area (Å²) in [5.74, 6) is -0.944. The highest BCUT2D eigenvalue weighted by Gasteiger charge is 2.47. The number of amides is 2. The maximum atomic E-state index is 13.1. The topological polar surface area (TPSA) is 95.1 Å². The molecule has 0 spiro atoms. The minimum Gasteiger partial charge on any atom is -0.377 e. The second-order valence-electron chi connectivity index (χ2n) is 6.20. The SMILES string of the molecule is CC1OC(C)C(C(F)(F)F)=C1C(=O)NCCOCCOCCNC(=O)CCOP. The zero-order chi connectivity index (χ0) is 21.9. The van der Waals surface area contributed by atoms with Crippen molar-refractivity contribution in [2.75, 3.05) is 46.1 Å². The monoisotopic (exact) mass is 444 g/mol. The fraction of sp³-hybridized carbons (Fsp3) is 0.765. The summed E-state index contributed by atoms with van der Waals surface area (Å²) in [6.45, 7) is 4.40. The summed E-state index contributed by atoms with van der Waals surface area (Å²) in [7, 11) is 2.07. The van der Waals surface area contributed by atoms with E-state index in [0.717, 1.165) is 0 Å². The van der Waals surface area contributed by atoms with Gasteiger partial charge < -0.3 is 29.4 Å². The molecule has 3 atom stereocenters. The minimum atomic E-state index is -4.62. The van der Waals surface area contributed by atoms with Gasteiger partial charge in [0.2, 0.25) is 11.8 Å². The van der Waals surface area contributed by atoms with Crippen molar-refractivity contribution in [1.82, 2.24) is 10.6 Å². The summed E-state index contributed by atoms with van der Waals surface area (Å²) in [4.78, 5) is 23.4. The second-order valence-corrected chi connectivity index (χ2v) is 6.53. The Hall–Kier alpha value is -1.26. The van der Waals surface area contributed by atoms with Crippen LogP contribution in [0.4, 0.5) is 13.2 Å². The molecule has 8 nitrogen and oxygen atoms in total. The first-order valence-electron chi connectivity index (χ1n) is 9.17. The summed E-state index contributed by atoms with van der Waals surface area (Å²) in [6.07, 6.45) is -6.45. The maximum absolute atomic E-state index is 13.1. The highest BCUT2D eigenvalue weighted by molar-refractivity contribution is 7.09. The largest absolute Gasteiger partial charge is 0.415 e. The van der Waals surface area contributed by atoms with Crippen LogP contribution >= 0.6 is 9.47 Å². The van der Waals surface area contributed by atoms with E-state index in [9.17, 15) is 22.8 Å². The standard InChI is InChI=1S/C17H28F3N2O6P/c1-11-14(15(12(2)28-11)17(18,19)20)16(24)22-5-8-26-10-9-25-7-4-21-13(23)3-6-27-29/h11-12H,3-10,29H2,1-2H3,(H,21,23)(H,22,24). The van der Waals surface area contributed by atoms with Crippen LogP contribution in [0.3, 0.4) is 0 Å². The van der Waals surface area contributed by atoms with Gasteiger partial charge in [-0.15, -0.1) is 0 Å². The van der Waals surface area contributed by atoms with Crippen LogP contribution < -0.4 is 10.6 Å². The number of hydrogen-bond donors (Lipinski definition) is 2. The molecule has 0 fully saturated rings. The number of carbonyl (C=O) groups is 2. The third-order valence-corrected chi connectivity index (χ3v) is 4.22. The Bertz CT molecular complexity index is 574. The Morgan fingerprint density at radius 3 is 2.14 bits per heavy atom. The number of carbonyl (C=O) groups excluding carboxylic acids is 2. The van der Waals surface area contributed by atoms with Crippen LogP contribution in [0.15, 0.2) is 11.1 Å². The number of halogens is 3. The fourth-order valence-electron chi connectivity index (χ4n) is 2.73. The molecule has 12 heteroatoms. The van der Waals surface area contributed by atoms with E-state index in [1.807, 2.05) is 0 Å². The Kier molecular flexibility index (Phi) is 11.7. The Balaban J connectivity index is 2.15. The van der Waals surface area contributed by atoms with E-state index in [0.29, 0.717) is 19.8 Å². The van der Waals surface area contributed by atoms with Crippen LogP contribution in [0, 0.1) is 0 Å². The second kappa shape index (κ2) is 13.1. The summed E-state index contributed by atoms with van der Waals surface area (Å²) in [5, 5.41) is 5.07. The van der Waals surface area contributed by atoms with Gasteiger partial charge in [-0.2, -0.15) is 13.2 Å². The van der Waals surface area contributed by atoms with E-state index in [4.69, 9.17) is 18.7 Å². The molecule has 1 heterocycles. The van der Waals surface area contributed by atoms with Crippen LogP contribution in [-0.2, 0) is 28.3 Å². The number of hydrogen-bond acceptors (Lipinski definition) is 6. The van der Waals surface area contributed by atoms with Crippen molar-refractivity contribution in [3.8, 4) is 0 Å². The van der Waals surface area contributed by atoms with Crippen LogP contribution in [0.25, 0.3) is 0 Å². The molecule has 0 aliphatic carbocycles. The number of rotatable bonds is 13. The molecule has 3 unspecified atom stereocenters. The molecular formula is C17H28F3N2O6P. The summed E-state index contributed by atoms with van der Waals surface area (Å²) >= 11 is 0. The van der Waals surface area contributed by atoms with Crippen LogP contribution in [0.1, 0.15) is 20.3 Å². The summed E-state index contributed by atoms with van der Waals surface area (Å²) in [6, 6.07) is 0. The van der Waals surface area contributed by atoms with Crippen molar-refractivity contribution in [1.29, 1.82) is 0 Å². The maximum Gasteiger partial charge on any atom is 0.415 e. The molecule has 1 aliphatic rings. The first kappa shape index (κ1) is 25.8. The third-order valence-electron chi connectivity index (χ3n) is 3.98. The van der Waals surface area contributed by atoms with Crippen molar-refractivity contribution >= 4 is 21.3 Å². The zero-order valence-corrected chi connectivity index (χ0v) is 17.6. The van der Waals surface area contributed by atoms with Crippen LogP contribution in [-0.4, -0.2) is 76.3 Å². The van der Waals surface area contributed by atoms with Gasteiger partial charge in [-0.25, -0.2) is 0 Å². The van der Waals surface area contributed by atoms with E-state index < -0.39 is 29.9 Å². The average molecular weight is 444 g/mol. The Labute approximate surface area is 170 Å². The van der Waals surface area contributed by atoms with Gasteiger partial charge >= 0.3 is 6.18 Å². The summed E-state index contributed by atoms with van der Waals surface area (Å²) in [5.41, 5.74) is -1.33. The Morgan fingerprint density at radius 2 is 1.59 bits per heavy atom. The molecule has 0 aromatic rings. The molecule has 2 amide bonds. The minimum absolute atomic E-state index is 0.0580. The molecule has 0 aromatic carbocycles. The van der Waals surface area contributed by atoms with E-state index in [1.165, 1.54) is 13.8 Å². The van der Waals surface area contributed by atoms with Gasteiger partial charge in [0.05, 0.1) is 62.8 Å². The number of alkyl halides is 3. The molecule has 1 aliphatic heterocycles. The lowest BCUT2D eigenvalue weighted by molar-refractivity contribution is -0.122. The number of nitrogens with one attached hydrogen (secondary N) is 2. The van der Waals surface area contributed by atoms with Crippen molar-refractivity contribution in [2.24, 2.45) is 0 Å². The zero-order valence-electron chi connectivity index (χ0n) is 16.5. The molecule has 0 saturated carbocycles. The Morgan fingerprint density at radius 1 is 1.00 bits per heavy atom. The highest BCUT2D eigenvalue weighted by atomic mass is 31.0. The van der Waals surface area contributed by atoms with Gasteiger partial charge in [-0.05, 0) is 13.8 Å². The van der Waals surface area contributed by atoms with Crippen molar-refractivity contribution in [2.45, 2.75) is 38.7 Å². The molecule has 29 heavy (non-hydrogen) atoms.